The first-order chi connectivity index (χ1) is 13.5. The number of amides is 1. The molecule has 7 nitrogen and oxygen atoms in total. The molecule has 0 radical (unpaired) electrons. The first kappa shape index (κ1) is 18.4. The van der Waals surface area contributed by atoms with Gasteiger partial charge >= 0.3 is 0 Å². The first-order valence-corrected chi connectivity index (χ1v) is 9.40. The molecule has 0 bridgehead atoms. The predicted molar refractivity (Wildman–Crippen MR) is 104 cm³/mol. The molecule has 28 heavy (non-hydrogen) atoms. The van der Waals surface area contributed by atoms with Crippen LogP contribution in [0.25, 0.3) is 0 Å². The highest BCUT2D eigenvalue weighted by atomic mass is 16.5. The van der Waals surface area contributed by atoms with Gasteiger partial charge in [0, 0.05) is 29.4 Å². The summed E-state index contributed by atoms with van der Waals surface area (Å²) in [5.41, 5.74) is 1.41. The molecule has 1 aliphatic carbocycles. The van der Waals surface area contributed by atoms with Crippen LogP contribution in [0.5, 0.6) is 17.2 Å². The quantitative estimate of drug-likeness (QED) is 0.765. The Kier molecular flexibility index (Phi) is 4.75. The molecule has 0 unspecified atom stereocenters. The van der Waals surface area contributed by atoms with E-state index in [0.29, 0.717) is 41.9 Å². The number of aromatic nitrogens is 1. The predicted octanol–water partition coefficient (Wildman–Crippen LogP) is 2.41. The molecule has 2 aliphatic rings. The lowest BCUT2D eigenvalue weighted by molar-refractivity contribution is 0.0176. The second-order valence-electron chi connectivity index (χ2n) is 7.32. The highest BCUT2D eigenvalue weighted by Gasteiger charge is 2.34. The number of hydrogen-bond donors (Lipinski definition) is 0. The smallest absolute Gasteiger partial charge is 0.254 e. The van der Waals surface area contributed by atoms with Crippen LogP contribution in [0, 0.1) is 6.92 Å². The molecule has 0 atom stereocenters. The lowest BCUT2D eigenvalue weighted by atomic mass is 10.1. The minimum atomic E-state index is -0.118. The van der Waals surface area contributed by atoms with Gasteiger partial charge in [-0.3, -0.25) is 9.59 Å². The van der Waals surface area contributed by atoms with E-state index in [0.717, 1.165) is 18.5 Å². The van der Waals surface area contributed by atoms with Crippen LogP contribution in [-0.2, 0) is 0 Å². The Morgan fingerprint density at radius 1 is 0.964 bits per heavy atom. The Bertz CT molecular complexity index is 936. The number of rotatable bonds is 6. The van der Waals surface area contributed by atoms with Gasteiger partial charge in [-0.25, -0.2) is 0 Å². The molecule has 1 saturated heterocycles. The molecule has 1 aromatic carbocycles. The second kappa shape index (κ2) is 7.22. The van der Waals surface area contributed by atoms with Crippen LogP contribution in [0.15, 0.2) is 35.1 Å². The van der Waals surface area contributed by atoms with Crippen molar-refractivity contribution < 1.29 is 19.0 Å². The van der Waals surface area contributed by atoms with Gasteiger partial charge in [0.2, 0.25) is 0 Å². The molecular formula is C21H24N2O5. The largest absolute Gasteiger partial charge is 0.497 e. The summed E-state index contributed by atoms with van der Waals surface area (Å²) in [6.07, 6.45) is 2.01. The monoisotopic (exact) mass is 384 g/mol. The molecular weight excluding hydrogens is 360 g/mol. The Labute approximate surface area is 163 Å². The molecule has 1 aromatic heterocycles. The number of nitrogens with zero attached hydrogens (tertiary/aromatic N) is 2. The van der Waals surface area contributed by atoms with Gasteiger partial charge in [-0.2, -0.15) is 0 Å². The Morgan fingerprint density at radius 3 is 2.14 bits per heavy atom. The first-order valence-electron chi connectivity index (χ1n) is 9.40. The van der Waals surface area contributed by atoms with Gasteiger partial charge < -0.3 is 23.7 Å². The normalized spacial score (nSPS) is 16.5. The zero-order valence-electron chi connectivity index (χ0n) is 16.3. The summed E-state index contributed by atoms with van der Waals surface area (Å²) in [6, 6.07) is 8.91. The van der Waals surface area contributed by atoms with Gasteiger partial charge in [-0.1, -0.05) is 0 Å². The SMILES string of the molecule is COc1cc(OC)cc(C(=O)N2CC(Oc3cc(C)n(C4CC4)c(=O)c3)C2)c1. The minimum Gasteiger partial charge on any atom is -0.497 e. The standard InChI is InChI=1S/C21H24N2O5/c1-13-6-18(10-20(24)23(13)15-4-5-15)28-19-11-22(12-19)21(25)14-7-16(26-2)9-17(8-14)27-3/h6-10,15,19H,4-5,11-12H2,1-3H3. The number of methoxy groups -OCH3 is 2. The number of benzene rings is 1. The van der Waals surface area contributed by atoms with E-state index < -0.39 is 0 Å². The summed E-state index contributed by atoms with van der Waals surface area (Å²) in [7, 11) is 3.10. The fourth-order valence-corrected chi connectivity index (χ4v) is 3.54. The fourth-order valence-electron chi connectivity index (χ4n) is 3.54. The third-order valence-corrected chi connectivity index (χ3v) is 5.18. The van der Waals surface area contributed by atoms with Crippen LogP contribution < -0.4 is 19.8 Å². The van der Waals surface area contributed by atoms with Crippen LogP contribution in [0.2, 0.25) is 0 Å². The number of aryl methyl sites for hydroxylation is 1. The Balaban J connectivity index is 1.40. The van der Waals surface area contributed by atoms with E-state index in [2.05, 4.69) is 0 Å². The van der Waals surface area contributed by atoms with Crippen molar-refractivity contribution in [2.45, 2.75) is 31.9 Å². The van der Waals surface area contributed by atoms with E-state index in [1.165, 1.54) is 0 Å². The molecule has 1 aliphatic heterocycles. The Hall–Kier alpha value is -2.96. The highest BCUT2D eigenvalue weighted by molar-refractivity contribution is 5.95. The summed E-state index contributed by atoms with van der Waals surface area (Å²) in [5.74, 6) is 1.61. The lowest BCUT2D eigenvalue weighted by Gasteiger charge is -2.39. The average molecular weight is 384 g/mol. The van der Waals surface area contributed by atoms with Crippen LogP contribution >= 0.6 is 0 Å². The highest BCUT2D eigenvalue weighted by Crippen LogP contribution is 2.35. The molecule has 1 saturated carbocycles. The number of carbonyl (C=O) groups is 1. The number of likely N-dealkylation sites (tertiary alicyclic amines) is 1. The van der Waals surface area contributed by atoms with Crippen molar-refractivity contribution in [3.05, 3.63) is 51.9 Å². The minimum absolute atomic E-state index is 0.0202. The molecule has 7 heteroatoms. The van der Waals surface area contributed by atoms with E-state index in [9.17, 15) is 9.59 Å². The van der Waals surface area contributed by atoms with Gasteiger partial charge in [0.15, 0.2) is 0 Å². The van der Waals surface area contributed by atoms with Gasteiger partial charge in [0.05, 0.1) is 27.3 Å². The van der Waals surface area contributed by atoms with Crippen molar-refractivity contribution in [1.29, 1.82) is 0 Å². The molecule has 4 rings (SSSR count). The molecule has 2 heterocycles. The van der Waals surface area contributed by atoms with Crippen molar-refractivity contribution >= 4 is 5.91 Å². The molecule has 1 amide bonds. The van der Waals surface area contributed by atoms with E-state index in [-0.39, 0.29) is 17.6 Å². The lowest BCUT2D eigenvalue weighted by Crippen LogP contribution is -2.56. The second-order valence-corrected chi connectivity index (χ2v) is 7.32. The molecule has 2 fully saturated rings. The van der Waals surface area contributed by atoms with Gasteiger partial charge in [-0.05, 0) is 38.0 Å². The van der Waals surface area contributed by atoms with Crippen LogP contribution in [0.1, 0.15) is 34.9 Å². The summed E-state index contributed by atoms with van der Waals surface area (Å²) in [4.78, 5) is 26.7. The molecule has 148 valence electrons. The van der Waals surface area contributed by atoms with Crippen molar-refractivity contribution in [3.8, 4) is 17.2 Å². The maximum Gasteiger partial charge on any atom is 0.254 e. The maximum atomic E-state index is 12.7. The number of ether oxygens (including phenoxy) is 3. The topological polar surface area (TPSA) is 70.0 Å². The van der Waals surface area contributed by atoms with Crippen molar-refractivity contribution in [2.24, 2.45) is 0 Å². The van der Waals surface area contributed by atoms with E-state index in [4.69, 9.17) is 14.2 Å². The molecule has 0 spiro atoms. The summed E-state index contributed by atoms with van der Waals surface area (Å²) >= 11 is 0. The van der Waals surface area contributed by atoms with Crippen LogP contribution in [0.3, 0.4) is 0 Å². The number of carbonyl (C=O) groups excluding carboxylic acids is 1. The summed E-state index contributed by atoms with van der Waals surface area (Å²) in [6.45, 7) is 2.88. The zero-order valence-corrected chi connectivity index (χ0v) is 16.3. The Morgan fingerprint density at radius 2 is 1.61 bits per heavy atom. The average Bonchev–Trinajstić information content (AvgIpc) is 3.47. The third kappa shape index (κ3) is 3.56. The van der Waals surface area contributed by atoms with Crippen molar-refractivity contribution in [1.82, 2.24) is 9.47 Å². The van der Waals surface area contributed by atoms with Gasteiger partial charge in [0.1, 0.15) is 23.4 Å². The number of pyridine rings is 1. The van der Waals surface area contributed by atoms with Crippen LogP contribution in [-0.4, -0.2) is 48.8 Å². The molecule has 2 aromatic rings. The summed E-state index contributed by atoms with van der Waals surface area (Å²) in [5, 5.41) is 0. The van der Waals surface area contributed by atoms with E-state index in [1.807, 2.05) is 17.6 Å². The van der Waals surface area contributed by atoms with E-state index in [1.54, 1.807) is 43.4 Å². The van der Waals surface area contributed by atoms with Gasteiger partial charge in [-0.15, -0.1) is 0 Å². The summed E-state index contributed by atoms with van der Waals surface area (Å²) < 4.78 is 18.2. The number of hydrogen-bond acceptors (Lipinski definition) is 5. The van der Waals surface area contributed by atoms with Crippen molar-refractivity contribution in [3.63, 3.8) is 0 Å². The maximum absolute atomic E-state index is 12.7. The van der Waals surface area contributed by atoms with Crippen molar-refractivity contribution in [2.75, 3.05) is 27.3 Å². The third-order valence-electron chi connectivity index (χ3n) is 5.18. The molecule has 0 N–H and O–H groups in total. The van der Waals surface area contributed by atoms with E-state index >= 15 is 0 Å². The van der Waals surface area contributed by atoms with Crippen LogP contribution in [0.4, 0.5) is 0 Å². The fraction of sp³-hybridized carbons (Fsp3) is 0.429. The van der Waals surface area contributed by atoms with Gasteiger partial charge in [0.25, 0.3) is 11.5 Å². The zero-order chi connectivity index (χ0) is 19.8.